The van der Waals surface area contributed by atoms with E-state index in [0.717, 1.165) is 17.7 Å². The standard InChI is InChI=1S/C21H23N3O6/c1-21(12-22,14-5-6-14)23-17(25)11-30-20(28)13-4-7-15-16(10-13)19(27)24(18(15)26)8-3-9-29-2/h4,7,10,14H,3,5-6,8-9,11H2,1-2H3,(H,23,25)/t21-/m0/s1. The fourth-order valence-corrected chi connectivity index (χ4v) is 3.41. The molecule has 3 amide bonds. The van der Waals surface area contributed by atoms with Crippen molar-refractivity contribution >= 4 is 23.7 Å². The van der Waals surface area contributed by atoms with Gasteiger partial charge in [0, 0.05) is 20.3 Å². The Balaban J connectivity index is 1.61. The number of hydrogen-bond acceptors (Lipinski definition) is 7. The second-order valence-corrected chi connectivity index (χ2v) is 7.58. The zero-order valence-electron chi connectivity index (χ0n) is 16.9. The lowest BCUT2D eigenvalue weighted by Crippen LogP contribution is -2.48. The molecule has 1 aromatic carbocycles. The molecule has 9 nitrogen and oxygen atoms in total. The first-order valence-corrected chi connectivity index (χ1v) is 9.69. The molecule has 0 unspecified atom stereocenters. The third-order valence-electron chi connectivity index (χ3n) is 5.30. The van der Waals surface area contributed by atoms with E-state index in [9.17, 15) is 24.4 Å². The van der Waals surface area contributed by atoms with Crippen LogP contribution in [0.4, 0.5) is 0 Å². The van der Waals surface area contributed by atoms with Crippen LogP contribution in [0.3, 0.4) is 0 Å². The van der Waals surface area contributed by atoms with Crippen molar-refractivity contribution in [3.8, 4) is 6.07 Å². The largest absolute Gasteiger partial charge is 0.452 e. The molecule has 1 heterocycles. The van der Waals surface area contributed by atoms with Crippen molar-refractivity contribution in [2.24, 2.45) is 5.92 Å². The Morgan fingerprint density at radius 3 is 2.60 bits per heavy atom. The smallest absolute Gasteiger partial charge is 0.338 e. The molecule has 1 aromatic rings. The van der Waals surface area contributed by atoms with Gasteiger partial charge < -0.3 is 14.8 Å². The van der Waals surface area contributed by atoms with E-state index < -0.39 is 35.8 Å². The van der Waals surface area contributed by atoms with Gasteiger partial charge in [-0.25, -0.2) is 4.79 Å². The van der Waals surface area contributed by atoms with Crippen LogP contribution in [0, 0.1) is 17.2 Å². The van der Waals surface area contributed by atoms with E-state index in [1.54, 1.807) is 6.92 Å². The summed E-state index contributed by atoms with van der Waals surface area (Å²) >= 11 is 0. The van der Waals surface area contributed by atoms with Crippen molar-refractivity contribution < 1.29 is 28.7 Å². The van der Waals surface area contributed by atoms with Crippen LogP contribution >= 0.6 is 0 Å². The molecule has 1 fully saturated rings. The number of nitriles is 1. The monoisotopic (exact) mass is 413 g/mol. The van der Waals surface area contributed by atoms with E-state index in [1.165, 1.54) is 25.3 Å². The molecule has 1 atom stereocenters. The third-order valence-corrected chi connectivity index (χ3v) is 5.30. The Labute approximate surface area is 173 Å². The molecule has 0 aromatic heterocycles. The number of methoxy groups -OCH3 is 1. The molecule has 0 radical (unpaired) electrons. The number of carbonyl (C=O) groups excluding carboxylic acids is 4. The maximum Gasteiger partial charge on any atom is 0.338 e. The number of imide groups is 1. The molecule has 1 aliphatic heterocycles. The van der Waals surface area contributed by atoms with Crippen LogP contribution in [0.2, 0.25) is 0 Å². The highest BCUT2D eigenvalue weighted by molar-refractivity contribution is 6.22. The Hall–Kier alpha value is -3.25. The quantitative estimate of drug-likeness (QED) is 0.367. The number of hydrogen-bond donors (Lipinski definition) is 1. The molecule has 30 heavy (non-hydrogen) atoms. The summed E-state index contributed by atoms with van der Waals surface area (Å²) in [6.07, 6.45) is 2.25. The van der Waals surface area contributed by atoms with Crippen LogP contribution in [0.15, 0.2) is 18.2 Å². The van der Waals surface area contributed by atoms with Crippen molar-refractivity contribution in [1.82, 2.24) is 10.2 Å². The van der Waals surface area contributed by atoms with Gasteiger partial charge >= 0.3 is 5.97 Å². The summed E-state index contributed by atoms with van der Waals surface area (Å²) in [6.45, 7) is 1.74. The van der Waals surface area contributed by atoms with Crippen molar-refractivity contribution in [3.63, 3.8) is 0 Å². The van der Waals surface area contributed by atoms with Gasteiger partial charge in [0.15, 0.2) is 6.61 Å². The average molecular weight is 413 g/mol. The Morgan fingerprint density at radius 2 is 1.97 bits per heavy atom. The lowest BCUT2D eigenvalue weighted by molar-refractivity contribution is -0.125. The maximum absolute atomic E-state index is 12.5. The molecule has 158 valence electrons. The molecule has 1 aliphatic carbocycles. The fraction of sp³-hybridized carbons (Fsp3) is 0.476. The molecule has 9 heteroatoms. The predicted molar refractivity (Wildman–Crippen MR) is 103 cm³/mol. The number of amides is 3. The second kappa shape index (κ2) is 8.63. The summed E-state index contributed by atoms with van der Waals surface area (Å²) in [5, 5.41) is 11.9. The zero-order valence-corrected chi connectivity index (χ0v) is 16.9. The van der Waals surface area contributed by atoms with Crippen LogP contribution in [0.1, 0.15) is 57.3 Å². The molecular weight excluding hydrogens is 390 g/mol. The van der Waals surface area contributed by atoms with Gasteiger partial charge in [-0.15, -0.1) is 0 Å². The summed E-state index contributed by atoms with van der Waals surface area (Å²) in [6, 6.07) is 6.18. The number of nitrogens with one attached hydrogen (secondary N) is 1. The number of nitrogens with zero attached hydrogens (tertiary/aromatic N) is 2. The minimum absolute atomic E-state index is 0.0617. The van der Waals surface area contributed by atoms with Gasteiger partial charge in [0.25, 0.3) is 17.7 Å². The van der Waals surface area contributed by atoms with Crippen LogP contribution < -0.4 is 5.32 Å². The normalized spacial score (nSPS) is 17.2. The van der Waals surface area contributed by atoms with Gasteiger partial charge in [-0.2, -0.15) is 5.26 Å². The highest BCUT2D eigenvalue weighted by Gasteiger charge is 2.43. The van der Waals surface area contributed by atoms with E-state index in [4.69, 9.17) is 9.47 Å². The average Bonchev–Trinajstić information content (AvgIpc) is 3.56. The molecule has 2 aliphatic rings. The minimum atomic E-state index is -0.976. The number of esters is 1. The van der Waals surface area contributed by atoms with Crippen molar-refractivity contribution in [3.05, 3.63) is 34.9 Å². The topological polar surface area (TPSA) is 126 Å². The van der Waals surface area contributed by atoms with Crippen molar-refractivity contribution in [1.29, 1.82) is 5.26 Å². The van der Waals surface area contributed by atoms with Crippen LogP contribution in [-0.4, -0.2) is 61.0 Å². The summed E-state index contributed by atoms with van der Waals surface area (Å²) in [5.74, 6) is -2.16. The van der Waals surface area contributed by atoms with Crippen molar-refractivity contribution in [2.45, 2.75) is 31.7 Å². The number of benzene rings is 1. The summed E-state index contributed by atoms with van der Waals surface area (Å²) in [4.78, 5) is 50.4. The minimum Gasteiger partial charge on any atom is -0.452 e. The number of ether oxygens (including phenoxy) is 2. The first kappa shape index (κ1) is 21.5. The Bertz CT molecular complexity index is 933. The Kier molecular flexibility index (Phi) is 6.17. The van der Waals surface area contributed by atoms with Gasteiger partial charge in [0.1, 0.15) is 5.54 Å². The first-order chi connectivity index (χ1) is 14.3. The zero-order chi connectivity index (χ0) is 21.9. The fourth-order valence-electron chi connectivity index (χ4n) is 3.41. The molecule has 1 saturated carbocycles. The highest BCUT2D eigenvalue weighted by atomic mass is 16.5. The summed E-state index contributed by atoms with van der Waals surface area (Å²) in [7, 11) is 1.53. The van der Waals surface area contributed by atoms with Crippen LogP contribution in [-0.2, 0) is 14.3 Å². The Morgan fingerprint density at radius 1 is 1.27 bits per heavy atom. The van der Waals surface area contributed by atoms with Gasteiger partial charge in [0.05, 0.1) is 22.8 Å². The van der Waals surface area contributed by atoms with E-state index in [0.29, 0.717) is 13.0 Å². The second-order valence-electron chi connectivity index (χ2n) is 7.58. The van der Waals surface area contributed by atoms with Gasteiger partial charge in [-0.3, -0.25) is 19.3 Å². The maximum atomic E-state index is 12.5. The number of rotatable bonds is 9. The SMILES string of the molecule is COCCCN1C(=O)c2ccc(C(=O)OCC(=O)N[C@@](C)(C#N)C3CC3)cc2C1=O. The number of fused-ring (bicyclic) bond motifs is 1. The van der Waals surface area contributed by atoms with Gasteiger partial charge in [0.2, 0.25) is 0 Å². The molecule has 0 saturated heterocycles. The number of carbonyl (C=O) groups is 4. The van der Waals surface area contributed by atoms with Gasteiger partial charge in [-0.1, -0.05) is 0 Å². The third kappa shape index (κ3) is 4.33. The molecule has 0 spiro atoms. The van der Waals surface area contributed by atoms with Gasteiger partial charge in [-0.05, 0) is 50.3 Å². The summed E-state index contributed by atoms with van der Waals surface area (Å²) in [5.41, 5.74) is -0.564. The van der Waals surface area contributed by atoms with E-state index in [1.807, 2.05) is 0 Å². The lowest BCUT2D eigenvalue weighted by atomic mass is 9.98. The molecule has 1 N–H and O–H groups in total. The lowest BCUT2D eigenvalue weighted by Gasteiger charge is -2.22. The van der Waals surface area contributed by atoms with E-state index >= 15 is 0 Å². The summed E-state index contributed by atoms with van der Waals surface area (Å²) < 4.78 is 9.96. The van der Waals surface area contributed by atoms with Crippen LogP contribution in [0.25, 0.3) is 0 Å². The predicted octanol–water partition coefficient (Wildman–Crippen LogP) is 1.28. The van der Waals surface area contributed by atoms with Crippen LogP contribution in [0.5, 0.6) is 0 Å². The molecular formula is C21H23N3O6. The van der Waals surface area contributed by atoms with E-state index in [-0.39, 0.29) is 29.2 Å². The molecule has 3 rings (SSSR count). The highest BCUT2D eigenvalue weighted by Crippen LogP contribution is 2.39. The van der Waals surface area contributed by atoms with E-state index in [2.05, 4.69) is 11.4 Å². The van der Waals surface area contributed by atoms with Crippen molar-refractivity contribution in [2.75, 3.05) is 26.9 Å². The first-order valence-electron chi connectivity index (χ1n) is 9.69. The molecule has 0 bridgehead atoms.